The van der Waals surface area contributed by atoms with Crippen LogP contribution in [0.1, 0.15) is 26.0 Å². The number of rotatable bonds is 5. The van der Waals surface area contributed by atoms with Crippen LogP contribution in [0.25, 0.3) is 0 Å². The molecule has 0 spiro atoms. The van der Waals surface area contributed by atoms with Gasteiger partial charge in [0, 0.05) is 30.6 Å². The molecule has 0 aromatic carbocycles. The summed E-state index contributed by atoms with van der Waals surface area (Å²) in [7, 11) is 0. The maximum atomic E-state index is 8.81. The first-order chi connectivity index (χ1) is 6.14. The smallest absolute Gasteiger partial charge is 0.0448 e. The van der Waals surface area contributed by atoms with Crippen LogP contribution >= 0.6 is 0 Å². The van der Waals surface area contributed by atoms with Crippen LogP contribution in [-0.4, -0.2) is 22.2 Å². The minimum absolute atomic E-state index is 0.000139. The molecule has 0 aliphatic rings. The second-order valence-corrected chi connectivity index (χ2v) is 3.91. The third-order valence-corrected chi connectivity index (χ3v) is 2.16. The van der Waals surface area contributed by atoms with Gasteiger partial charge in [0.2, 0.25) is 0 Å². The van der Waals surface area contributed by atoms with Crippen molar-refractivity contribution < 1.29 is 5.11 Å². The van der Waals surface area contributed by atoms with Crippen molar-refractivity contribution in [2.75, 3.05) is 6.61 Å². The van der Waals surface area contributed by atoms with E-state index in [-0.39, 0.29) is 12.1 Å². The quantitative estimate of drug-likeness (QED) is 0.642. The SMILES string of the molecule is CC(C)(CCO)NCc1ccc[nH]1. The van der Waals surface area contributed by atoms with E-state index in [1.165, 1.54) is 5.69 Å². The Balaban J connectivity index is 2.33. The Morgan fingerprint density at radius 1 is 1.54 bits per heavy atom. The lowest BCUT2D eigenvalue weighted by Gasteiger charge is -2.25. The number of aliphatic hydroxyl groups is 1. The van der Waals surface area contributed by atoms with Gasteiger partial charge in [-0.3, -0.25) is 0 Å². The van der Waals surface area contributed by atoms with Gasteiger partial charge in [0.1, 0.15) is 0 Å². The first-order valence-corrected chi connectivity index (χ1v) is 4.62. The van der Waals surface area contributed by atoms with E-state index >= 15 is 0 Å². The molecule has 74 valence electrons. The molecule has 0 aliphatic carbocycles. The first-order valence-electron chi connectivity index (χ1n) is 4.62. The molecular weight excluding hydrogens is 164 g/mol. The highest BCUT2D eigenvalue weighted by Gasteiger charge is 2.15. The standard InChI is InChI=1S/C10H18N2O/c1-10(2,5-7-13)12-8-9-4-3-6-11-9/h3-4,6,11-13H,5,7-8H2,1-2H3. The van der Waals surface area contributed by atoms with Crippen molar-refractivity contribution in [3.63, 3.8) is 0 Å². The van der Waals surface area contributed by atoms with Crippen LogP contribution in [0.3, 0.4) is 0 Å². The molecule has 1 heterocycles. The van der Waals surface area contributed by atoms with Crippen LogP contribution in [0.2, 0.25) is 0 Å². The third kappa shape index (κ3) is 3.61. The number of hydrogen-bond donors (Lipinski definition) is 3. The Kier molecular flexibility index (Phi) is 3.51. The summed E-state index contributed by atoms with van der Waals surface area (Å²) in [6.45, 7) is 5.23. The third-order valence-electron chi connectivity index (χ3n) is 2.16. The van der Waals surface area contributed by atoms with E-state index in [9.17, 15) is 0 Å². The molecule has 3 heteroatoms. The molecule has 1 aromatic heterocycles. The Bertz CT molecular complexity index is 229. The van der Waals surface area contributed by atoms with Gasteiger partial charge in [0.15, 0.2) is 0 Å². The lowest BCUT2D eigenvalue weighted by atomic mass is 10.0. The summed E-state index contributed by atoms with van der Waals surface area (Å²) in [6, 6.07) is 4.03. The second-order valence-electron chi connectivity index (χ2n) is 3.91. The number of H-pyrrole nitrogens is 1. The molecule has 0 amide bonds. The fourth-order valence-corrected chi connectivity index (χ4v) is 1.18. The minimum atomic E-state index is -0.000139. The van der Waals surface area contributed by atoms with Gasteiger partial charge in [-0.2, -0.15) is 0 Å². The Hall–Kier alpha value is -0.800. The zero-order chi connectivity index (χ0) is 9.73. The van der Waals surface area contributed by atoms with Crippen LogP contribution in [0.5, 0.6) is 0 Å². The molecule has 1 rings (SSSR count). The molecular formula is C10H18N2O. The number of hydrogen-bond acceptors (Lipinski definition) is 2. The van der Waals surface area contributed by atoms with E-state index in [0.29, 0.717) is 0 Å². The second kappa shape index (κ2) is 4.44. The molecule has 3 nitrogen and oxygen atoms in total. The van der Waals surface area contributed by atoms with Crippen molar-refractivity contribution in [3.8, 4) is 0 Å². The van der Waals surface area contributed by atoms with Crippen LogP contribution < -0.4 is 5.32 Å². The van der Waals surface area contributed by atoms with Gasteiger partial charge in [-0.1, -0.05) is 0 Å². The number of aromatic amines is 1. The van der Waals surface area contributed by atoms with Crippen LogP contribution in [0, 0.1) is 0 Å². The zero-order valence-corrected chi connectivity index (χ0v) is 8.30. The summed E-state index contributed by atoms with van der Waals surface area (Å²) in [5, 5.41) is 12.2. The average molecular weight is 182 g/mol. The predicted molar refractivity (Wildman–Crippen MR) is 53.4 cm³/mol. The van der Waals surface area contributed by atoms with E-state index < -0.39 is 0 Å². The minimum Gasteiger partial charge on any atom is -0.396 e. The zero-order valence-electron chi connectivity index (χ0n) is 8.30. The summed E-state index contributed by atoms with van der Waals surface area (Å²) >= 11 is 0. The Morgan fingerprint density at radius 2 is 2.31 bits per heavy atom. The molecule has 0 unspecified atom stereocenters. The summed E-state index contributed by atoms with van der Waals surface area (Å²) in [5.41, 5.74) is 1.17. The van der Waals surface area contributed by atoms with Crippen LogP contribution in [-0.2, 0) is 6.54 Å². The molecule has 0 saturated heterocycles. The van der Waals surface area contributed by atoms with E-state index in [1.54, 1.807) is 0 Å². The topological polar surface area (TPSA) is 48.0 Å². The molecule has 1 aromatic rings. The Morgan fingerprint density at radius 3 is 2.85 bits per heavy atom. The van der Waals surface area contributed by atoms with Crippen LogP contribution in [0.15, 0.2) is 18.3 Å². The van der Waals surface area contributed by atoms with Crippen molar-refractivity contribution in [3.05, 3.63) is 24.0 Å². The molecule has 0 bridgehead atoms. The van der Waals surface area contributed by atoms with Gasteiger partial charge in [-0.15, -0.1) is 0 Å². The Labute approximate surface area is 79.2 Å². The van der Waals surface area contributed by atoms with E-state index in [0.717, 1.165) is 13.0 Å². The van der Waals surface area contributed by atoms with Gasteiger partial charge >= 0.3 is 0 Å². The van der Waals surface area contributed by atoms with Gasteiger partial charge in [-0.05, 0) is 32.4 Å². The van der Waals surface area contributed by atoms with Crippen molar-refractivity contribution in [2.24, 2.45) is 0 Å². The first kappa shape index (κ1) is 10.3. The number of aromatic nitrogens is 1. The van der Waals surface area contributed by atoms with Gasteiger partial charge < -0.3 is 15.4 Å². The number of nitrogens with one attached hydrogen (secondary N) is 2. The summed E-state index contributed by atoms with van der Waals surface area (Å²) in [4.78, 5) is 3.13. The van der Waals surface area contributed by atoms with E-state index in [1.807, 2.05) is 18.3 Å². The number of aliphatic hydroxyl groups excluding tert-OH is 1. The van der Waals surface area contributed by atoms with Crippen molar-refractivity contribution in [2.45, 2.75) is 32.4 Å². The molecule has 0 aliphatic heterocycles. The van der Waals surface area contributed by atoms with Crippen LogP contribution in [0.4, 0.5) is 0 Å². The van der Waals surface area contributed by atoms with E-state index in [2.05, 4.69) is 24.1 Å². The molecule has 3 N–H and O–H groups in total. The summed E-state index contributed by atoms with van der Waals surface area (Å²) in [5.74, 6) is 0. The summed E-state index contributed by atoms with van der Waals surface area (Å²) < 4.78 is 0. The average Bonchev–Trinajstić information content (AvgIpc) is 2.52. The van der Waals surface area contributed by atoms with E-state index in [4.69, 9.17) is 5.11 Å². The normalized spacial score (nSPS) is 11.9. The maximum Gasteiger partial charge on any atom is 0.0448 e. The highest BCUT2D eigenvalue weighted by Crippen LogP contribution is 2.08. The van der Waals surface area contributed by atoms with Crippen molar-refractivity contribution in [1.82, 2.24) is 10.3 Å². The molecule has 13 heavy (non-hydrogen) atoms. The lowest BCUT2D eigenvalue weighted by Crippen LogP contribution is -2.39. The van der Waals surface area contributed by atoms with Gasteiger partial charge in [0.25, 0.3) is 0 Å². The largest absolute Gasteiger partial charge is 0.396 e. The van der Waals surface area contributed by atoms with Gasteiger partial charge in [0.05, 0.1) is 0 Å². The molecule has 0 fully saturated rings. The monoisotopic (exact) mass is 182 g/mol. The van der Waals surface area contributed by atoms with Crippen molar-refractivity contribution >= 4 is 0 Å². The lowest BCUT2D eigenvalue weighted by molar-refractivity contribution is 0.229. The molecule has 0 saturated carbocycles. The molecule has 0 atom stereocenters. The fourth-order valence-electron chi connectivity index (χ4n) is 1.18. The predicted octanol–water partition coefficient (Wildman–Crippen LogP) is 1.27. The highest BCUT2D eigenvalue weighted by atomic mass is 16.3. The highest BCUT2D eigenvalue weighted by molar-refractivity contribution is 5.03. The van der Waals surface area contributed by atoms with Crippen molar-refractivity contribution in [1.29, 1.82) is 0 Å². The fraction of sp³-hybridized carbons (Fsp3) is 0.600. The summed E-state index contributed by atoms with van der Waals surface area (Å²) in [6.07, 6.45) is 2.68. The maximum absolute atomic E-state index is 8.81. The molecule has 0 radical (unpaired) electrons. The van der Waals surface area contributed by atoms with Gasteiger partial charge in [-0.25, -0.2) is 0 Å².